The number of aromatic nitrogens is 5. The van der Waals surface area contributed by atoms with Gasteiger partial charge in [0.05, 0.1) is 17.6 Å². The number of anilines is 1. The van der Waals surface area contributed by atoms with E-state index in [0.717, 1.165) is 22.4 Å². The van der Waals surface area contributed by atoms with Crippen LogP contribution >= 0.6 is 11.6 Å². The second-order valence-corrected chi connectivity index (χ2v) is 7.56. The van der Waals surface area contributed by atoms with Crippen LogP contribution in [0, 0.1) is 6.92 Å². The van der Waals surface area contributed by atoms with Gasteiger partial charge in [-0.2, -0.15) is 14.9 Å². The molecule has 5 rings (SSSR count). The van der Waals surface area contributed by atoms with Crippen molar-refractivity contribution >= 4 is 23.3 Å². The first-order valence-corrected chi connectivity index (χ1v) is 9.88. The van der Waals surface area contributed by atoms with Crippen LogP contribution in [0.1, 0.15) is 29.2 Å². The maximum atomic E-state index is 12.5. The molecular formula is C22H17ClN6O. The van der Waals surface area contributed by atoms with Crippen LogP contribution in [0.5, 0.6) is 0 Å². The van der Waals surface area contributed by atoms with Crippen LogP contribution < -0.4 is 5.32 Å². The van der Waals surface area contributed by atoms with E-state index in [9.17, 15) is 4.79 Å². The molecule has 1 aliphatic rings. The molecule has 0 unspecified atom stereocenters. The van der Waals surface area contributed by atoms with Gasteiger partial charge in [-0.1, -0.05) is 54.1 Å². The molecule has 1 amide bonds. The lowest BCUT2D eigenvalue weighted by Crippen LogP contribution is -2.25. The molecule has 0 saturated heterocycles. The molecule has 8 heteroatoms. The molecule has 0 bridgehead atoms. The molecule has 0 saturated carbocycles. The number of benzene rings is 2. The lowest BCUT2D eigenvalue weighted by molar-refractivity contribution is -0.116. The quantitative estimate of drug-likeness (QED) is 0.542. The van der Waals surface area contributed by atoms with Crippen molar-refractivity contribution in [2.75, 3.05) is 5.32 Å². The number of carbonyl (C=O) groups is 1. The van der Waals surface area contributed by atoms with Gasteiger partial charge in [0.25, 0.3) is 5.95 Å². The van der Waals surface area contributed by atoms with Crippen molar-refractivity contribution < 1.29 is 4.79 Å². The molecule has 0 aliphatic carbocycles. The number of nitrogens with zero attached hydrogens (tertiary/aromatic N) is 5. The van der Waals surface area contributed by atoms with Gasteiger partial charge < -0.3 is 5.32 Å². The van der Waals surface area contributed by atoms with E-state index in [4.69, 9.17) is 11.6 Å². The van der Waals surface area contributed by atoms with Crippen LogP contribution in [0.25, 0.3) is 17.2 Å². The summed E-state index contributed by atoms with van der Waals surface area (Å²) in [5, 5.41) is 16.5. The zero-order chi connectivity index (χ0) is 20.7. The summed E-state index contributed by atoms with van der Waals surface area (Å²) >= 11 is 5.98. The van der Waals surface area contributed by atoms with Crippen LogP contribution in [0.4, 0.5) is 5.82 Å². The summed E-state index contributed by atoms with van der Waals surface area (Å²) in [4.78, 5) is 17.1. The van der Waals surface area contributed by atoms with Crippen molar-refractivity contribution in [1.29, 1.82) is 0 Å². The highest BCUT2D eigenvalue weighted by molar-refractivity contribution is 6.30. The van der Waals surface area contributed by atoms with Gasteiger partial charge in [-0.25, -0.2) is 4.98 Å². The first-order valence-electron chi connectivity index (χ1n) is 9.50. The number of rotatable bonds is 3. The smallest absolute Gasteiger partial charge is 0.272 e. The van der Waals surface area contributed by atoms with E-state index in [1.54, 1.807) is 23.0 Å². The largest absolute Gasteiger partial charge is 0.310 e. The van der Waals surface area contributed by atoms with Gasteiger partial charge in [0.2, 0.25) is 5.91 Å². The van der Waals surface area contributed by atoms with E-state index in [1.807, 2.05) is 49.4 Å². The first kappa shape index (κ1) is 18.4. The number of halogens is 1. The molecule has 1 aliphatic heterocycles. The average molecular weight is 417 g/mol. The molecule has 2 aromatic heterocycles. The van der Waals surface area contributed by atoms with Crippen LogP contribution in [-0.2, 0) is 4.79 Å². The van der Waals surface area contributed by atoms with E-state index in [0.29, 0.717) is 28.9 Å². The van der Waals surface area contributed by atoms with Crippen molar-refractivity contribution in [3.63, 3.8) is 0 Å². The molecule has 1 atom stereocenters. The number of hydrogen-bond acceptors (Lipinski definition) is 5. The fraction of sp³-hybridized carbons (Fsp3) is 0.136. The Balaban J connectivity index is 1.61. The van der Waals surface area contributed by atoms with Crippen LogP contribution in [0.3, 0.4) is 0 Å². The lowest BCUT2D eigenvalue weighted by atomic mass is 9.86. The van der Waals surface area contributed by atoms with Gasteiger partial charge in [0.1, 0.15) is 5.82 Å². The first-order chi connectivity index (χ1) is 14.6. The number of fused-ring (bicyclic) bond motifs is 1. The van der Waals surface area contributed by atoms with Crippen molar-refractivity contribution in [1.82, 2.24) is 25.0 Å². The highest BCUT2D eigenvalue weighted by Gasteiger charge is 2.33. The number of carbonyl (C=O) groups excluding carboxylic acids is 1. The molecule has 0 radical (unpaired) electrons. The van der Waals surface area contributed by atoms with E-state index < -0.39 is 0 Å². The molecular weight excluding hydrogens is 400 g/mol. The normalized spacial score (nSPS) is 15.5. The Morgan fingerprint density at radius 2 is 1.87 bits per heavy atom. The highest BCUT2D eigenvalue weighted by Crippen LogP contribution is 2.39. The minimum Gasteiger partial charge on any atom is -0.310 e. The van der Waals surface area contributed by atoms with Crippen LogP contribution in [0.15, 0.2) is 60.8 Å². The van der Waals surface area contributed by atoms with E-state index in [1.165, 1.54) is 0 Å². The maximum Gasteiger partial charge on any atom is 0.272 e. The second-order valence-electron chi connectivity index (χ2n) is 7.12. The van der Waals surface area contributed by atoms with Gasteiger partial charge in [0.15, 0.2) is 0 Å². The van der Waals surface area contributed by atoms with Crippen molar-refractivity contribution in [2.45, 2.75) is 19.3 Å². The molecule has 4 aromatic rings. The molecule has 7 nitrogen and oxygen atoms in total. The maximum absolute atomic E-state index is 12.5. The Morgan fingerprint density at radius 1 is 1.10 bits per heavy atom. The van der Waals surface area contributed by atoms with Crippen molar-refractivity contribution in [3.8, 4) is 17.2 Å². The predicted molar refractivity (Wildman–Crippen MR) is 114 cm³/mol. The molecule has 0 fully saturated rings. The Hall–Kier alpha value is -3.58. The Kier molecular flexibility index (Phi) is 4.52. The SMILES string of the molecule is Cc1nn(-c2nncc(-c3ccc(Cl)cc3)n2)c2c1[C@@H](c1ccccc1)CC(=O)N2. The third-order valence-electron chi connectivity index (χ3n) is 5.18. The number of aryl methyl sites for hydroxylation is 1. The minimum atomic E-state index is -0.0730. The van der Waals surface area contributed by atoms with Crippen molar-refractivity contribution in [2.24, 2.45) is 0 Å². The number of hydrogen-bond donors (Lipinski definition) is 1. The Labute approximate surface area is 177 Å². The summed E-state index contributed by atoms with van der Waals surface area (Å²) in [7, 11) is 0. The van der Waals surface area contributed by atoms with E-state index in [-0.39, 0.29) is 11.8 Å². The third kappa shape index (κ3) is 3.23. The summed E-state index contributed by atoms with van der Waals surface area (Å²) in [5.41, 5.74) is 4.37. The number of nitrogens with one attached hydrogen (secondary N) is 1. The van der Waals surface area contributed by atoms with Crippen molar-refractivity contribution in [3.05, 3.63) is 82.6 Å². The van der Waals surface area contributed by atoms with Gasteiger partial charge in [0, 0.05) is 28.5 Å². The molecule has 1 N–H and O–H groups in total. The predicted octanol–water partition coefficient (Wildman–Crippen LogP) is 4.16. The lowest BCUT2D eigenvalue weighted by Gasteiger charge is -2.24. The zero-order valence-corrected chi connectivity index (χ0v) is 16.8. The molecule has 148 valence electrons. The topological polar surface area (TPSA) is 85.6 Å². The van der Waals surface area contributed by atoms with Gasteiger partial charge in [-0.3, -0.25) is 4.79 Å². The van der Waals surface area contributed by atoms with Gasteiger partial charge in [-0.15, -0.1) is 5.10 Å². The van der Waals surface area contributed by atoms with Crippen LogP contribution in [-0.4, -0.2) is 30.9 Å². The highest BCUT2D eigenvalue weighted by atomic mass is 35.5. The van der Waals surface area contributed by atoms with Gasteiger partial charge >= 0.3 is 0 Å². The summed E-state index contributed by atoms with van der Waals surface area (Å²) in [6, 6.07) is 17.3. The summed E-state index contributed by atoms with van der Waals surface area (Å²) in [5.74, 6) is 0.740. The molecule has 30 heavy (non-hydrogen) atoms. The van der Waals surface area contributed by atoms with E-state index >= 15 is 0 Å². The summed E-state index contributed by atoms with van der Waals surface area (Å²) < 4.78 is 1.56. The van der Waals surface area contributed by atoms with Crippen LogP contribution in [0.2, 0.25) is 5.02 Å². The monoisotopic (exact) mass is 416 g/mol. The molecule has 3 heterocycles. The van der Waals surface area contributed by atoms with Gasteiger partial charge in [-0.05, 0) is 24.6 Å². The number of amides is 1. The molecule has 0 spiro atoms. The zero-order valence-electron chi connectivity index (χ0n) is 16.1. The molecule has 2 aromatic carbocycles. The Bertz CT molecular complexity index is 1240. The van der Waals surface area contributed by atoms with E-state index in [2.05, 4.69) is 25.6 Å². The fourth-order valence-electron chi connectivity index (χ4n) is 3.81. The second kappa shape index (κ2) is 7.35. The fourth-order valence-corrected chi connectivity index (χ4v) is 3.93. The Morgan fingerprint density at radius 3 is 2.63 bits per heavy atom. The summed E-state index contributed by atoms with van der Waals surface area (Å²) in [6.45, 7) is 1.93. The minimum absolute atomic E-state index is 0.0701. The third-order valence-corrected chi connectivity index (χ3v) is 5.43. The standard InChI is InChI=1S/C22H17ClN6O/c1-13-20-17(14-5-3-2-4-6-14)11-19(30)26-21(20)29(28-13)22-25-18(12-24-27-22)15-7-9-16(23)10-8-15/h2-10,12,17H,11H2,1H3,(H,26,30)/t17-/m1/s1. The average Bonchev–Trinajstić information content (AvgIpc) is 3.10. The summed E-state index contributed by atoms with van der Waals surface area (Å²) in [6.07, 6.45) is 1.95.